The fourth-order valence-corrected chi connectivity index (χ4v) is 2.75. The molecule has 0 aliphatic heterocycles. The number of hydrogen-bond donors (Lipinski definition) is 1. The Hall–Kier alpha value is -2.01. The van der Waals surface area contributed by atoms with Crippen molar-refractivity contribution in [1.82, 2.24) is 0 Å². The Balaban J connectivity index is 2.04. The van der Waals surface area contributed by atoms with E-state index in [2.05, 4.69) is 0 Å². The maximum atomic E-state index is 12.9. The quantitative estimate of drug-likeness (QED) is 0.857. The number of phenolic OH excluding ortho intramolecular Hbond substituents is 1. The zero-order valence-corrected chi connectivity index (χ0v) is 12.4. The number of amides is 1. The highest BCUT2D eigenvalue weighted by atomic mass is 32.2. The number of thioether (sulfide) groups is 1. The maximum absolute atomic E-state index is 12.9. The molecule has 0 aliphatic rings. The van der Waals surface area contributed by atoms with Gasteiger partial charge in [0.25, 0.3) is 0 Å². The summed E-state index contributed by atoms with van der Waals surface area (Å²) in [5.41, 5.74) is 0.668. The molecule has 2 aromatic rings. The second-order valence-electron chi connectivity index (χ2n) is 4.37. The molecule has 0 saturated heterocycles. The zero-order valence-electron chi connectivity index (χ0n) is 11.6. The van der Waals surface area contributed by atoms with Crippen LogP contribution in [0, 0.1) is 5.82 Å². The van der Waals surface area contributed by atoms with Crippen molar-refractivity contribution in [2.24, 2.45) is 0 Å². The monoisotopic (exact) mass is 305 g/mol. The van der Waals surface area contributed by atoms with Gasteiger partial charge in [-0.25, -0.2) is 4.39 Å². The van der Waals surface area contributed by atoms with E-state index < -0.39 is 0 Å². The highest BCUT2D eigenvalue weighted by Gasteiger charge is 2.15. The lowest BCUT2D eigenvalue weighted by Gasteiger charge is -2.21. The molecule has 110 valence electrons. The number of carbonyl (C=O) groups is 1. The van der Waals surface area contributed by atoms with Gasteiger partial charge in [0.1, 0.15) is 11.6 Å². The average Bonchev–Trinajstić information content (AvgIpc) is 2.49. The predicted molar refractivity (Wildman–Crippen MR) is 83.3 cm³/mol. The van der Waals surface area contributed by atoms with Gasteiger partial charge in [0.2, 0.25) is 5.91 Å². The summed E-state index contributed by atoms with van der Waals surface area (Å²) in [6.07, 6.45) is 0. The van der Waals surface area contributed by atoms with Gasteiger partial charge in [-0.3, -0.25) is 4.79 Å². The Bertz CT molecular complexity index is 616. The average molecular weight is 305 g/mol. The molecule has 2 aromatic carbocycles. The lowest BCUT2D eigenvalue weighted by atomic mass is 10.3. The van der Waals surface area contributed by atoms with E-state index in [0.717, 1.165) is 0 Å². The lowest BCUT2D eigenvalue weighted by Crippen LogP contribution is -2.32. The van der Waals surface area contributed by atoms with Gasteiger partial charge in [-0.15, -0.1) is 11.8 Å². The standard InChI is InChI=1S/C16H16FNO2S/c1-2-18(13-9-7-12(17)8-10-13)16(20)11-21-15-6-4-3-5-14(15)19/h3-10,19H,2,11H2,1H3. The normalized spacial score (nSPS) is 10.4. The van der Waals surface area contributed by atoms with Crippen molar-refractivity contribution in [3.05, 3.63) is 54.3 Å². The van der Waals surface area contributed by atoms with Crippen molar-refractivity contribution in [2.45, 2.75) is 11.8 Å². The van der Waals surface area contributed by atoms with Crippen LogP contribution in [-0.4, -0.2) is 23.3 Å². The summed E-state index contributed by atoms with van der Waals surface area (Å²) < 4.78 is 12.9. The molecule has 2 rings (SSSR count). The Kier molecular flexibility index (Phi) is 5.22. The molecule has 0 heterocycles. The zero-order chi connectivity index (χ0) is 15.2. The van der Waals surface area contributed by atoms with Crippen molar-refractivity contribution >= 4 is 23.4 Å². The van der Waals surface area contributed by atoms with E-state index in [0.29, 0.717) is 17.1 Å². The minimum atomic E-state index is -0.328. The third-order valence-corrected chi connectivity index (χ3v) is 4.02. The Morgan fingerprint density at radius 2 is 1.86 bits per heavy atom. The van der Waals surface area contributed by atoms with Crippen molar-refractivity contribution in [3.8, 4) is 5.75 Å². The van der Waals surface area contributed by atoms with Crippen LogP contribution in [-0.2, 0) is 4.79 Å². The molecule has 0 bridgehead atoms. The van der Waals surface area contributed by atoms with Gasteiger partial charge in [0.15, 0.2) is 0 Å². The van der Waals surface area contributed by atoms with Crippen LogP contribution >= 0.6 is 11.8 Å². The van der Waals surface area contributed by atoms with Crippen LogP contribution in [0.15, 0.2) is 53.4 Å². The second kappa shape index (κ2) is 7.13. The summed E-state index contributed by atoms with van der Waals surface area (Å²) in [7, 11) is 0. The van der Waals surface area contributed by atoms with Crippen LogP contribution in [0.1, 0.15) is 6.92 Å². The van der Waals surface area contributed by atoms with Crippen LogP contribution in [0.5, 0.6) is 5.75 Å². The molecule has 0 saturated carbocycles. The molecule has 5 heteroatoms. The fourth-order valence-electron chi connectivity index (χ4n) is 1.92. The molecular formula is C16H16FNO2S. The van der Waals surface area contributed by atoms with E-state index >= 15 is 0 Å². The van der Waals surface area contributed by atoms with Gasteiger partial charge in [0.05, 0.1) is 5.75 Å². The molecule has 0 aliphatic carbocycles. The van der Waals surface area contributed by atoms with Crippen molar-refractivity contribution in [1.29, 1.82) is 0 Å². The van der Waals surface area contributed by atoms with Crippen LogP contribution < -0.4 is 4.90 Å². The molecule has 0 fully saturated rings. The Morgan fingerprint density at radius 3 is 2.48 bits per heavy atom. The first kappa shape index (κ1) is 15.4. The molecule has 0 aromatic heterocycles. The third-order valence-electron chi connectivity index (χ3n) is 2.97. The topological polar surface area (TPSA) is 40.5 Å². The molecular weight excluding hydrogens is 289 g/mol. The minimum absolute atomic E-state index is 0.0858. The lowest BCUT2D eigenvalue weighted by molar-refractivity contribution is -0.116. The number of para-hydroxylation sites is 1. The number of phenols is 1. The number of rotatable bonds is 5. The van der Waals surface area contributed by atoms with E-state index in [-0.39, 0.29) is 23.2 Å². The summed E-state index contributed by atoms with van der Waals surface area (Å²) in [5, 5.41) is 9.68. The van der Waals surface area contributed by atoms with Crippen LogP contribution in [0.4, 0.5) is 10.1 Å². The van der Waals surface area contributed by atoms with E-state index in [1.54, 1.807) is 35.2 Å². The summed E-state index contributed by atoms with van der Waals surface area (Å²) in [5.74, 6) is -0.0358. The molecule has 1 amide bonds. The number of benzene rings is 2. The van der Waals surface area contributed by atoms with Gasteiger partial charge in [0, 0.05) is 17.1 Å². The summed E-state index contributed by atoms with van der Waals surface area (Å²) in [4.78, 5) is 14.5. The Morgan fingerprint density at radius 1 is 1.19 bits per heavy atom. The highest BCUT2D eigenvalue weighted by molar-refractivity contribution is 8.00. The molecule has 0 atom stereocenters. The maximum Gasteiger partial charge on any atom is 0.237 e. The fraction of sp³-hybridized carbons (Fsp3) is 0.188. The second-order valence-corrected chi connectivity index (χ2v) is 5.39. The van der Waals surface area contributed by atoms with E-state index in [4.69, 9.17) is 0 Å². The number of anilines is 1. The highest BCUT2D eigenvalue weighted by Crippen LogP contribution is 2.28. The predicted octanol–water partition coefficient (Wildman–Crippen LogP) is 3.68. The van der Waals surface area contributed by atoms with Crippen LogP contribution in [0.2, 0.25) is 0 Å². The summed E-state index contributed by atoms with van der Waals surface area (Å²) in [6.45, 7) is 2.37. The number of nitrogens with zero attached hydrogens (tertiary/aromatic N) is 1. The third kappa shape index (κ3) is 3.98. The minimum Gasteiger partial charge on any atom is -0.507 e. The molecule has 3 nitrogen and oxygen atoms in total. The van der Waals surface area contributed by atoms with E-state index in [1.807, 2.05) is 13.0 Å². The summed E-state index contributed by atoms with van der Waals surface area (Å²) in [6, 6.07) is 12.7. The largest absolute Gasteiger partial charge is 0.507 e. The molecule has 0 spiro atoms. The van der Waals surface area contributed by atoms with Crippen molar-refractivity contribution in [3.63, 3.8) is 0 Å². The molecule has 0 unspecified atom stereocenters. The number of aromatic hydroxyl groups is 1. The summed E-state index contributed by atoms with van der Waals surface area (Å²) >= 11 is 1.28. The van der Waals surface area contributed by atoms with Crippen molar-refractivity contribution in [2.75, 3.05) is 17.2 Å². The van der Waals surface area contributed by atoms with Crippen LogP contribution in [0.25, 0.3) is 0 Å². The number of halogens is 1. The molecule has 0 radical (unpaired) electrons. The van der Waals surface area contributed by atoms with Gasteiger partial charge >= 0.3 is 0 Å². The first-order valence-electron chi connectivity index (χ1n) is 6.58. The number of carbonyl (C=O) groups excluding carboxylic acids is 1. The van der Waals surface area contributed by atoms with Gasteiger partial charge < -0.3 is 10.0 Å². The smallest absolute Gasteiger partial charge is 0.237 e. The van der Waals surface area contributed by atoms with Crippen molar-refractivity contribution < 1.29 is 14.3 Å². The first-order valence-corrected chi connectivity index (χ1v) is 7.57. The number of hydrogen-bond acceptors (Lipinski definition) is 3. The molecule has 21 heavy (non-hydrogen) atoms. The van der Waals surface area contributed by atoms with Crippen LogP contribution in [0.3, 0.4) is 0 Å². The SMILES string of the molecule is CCN(C(=O)CSc1ccccc1O)c1ccc(F)cc1. The van der Waals surface area contributed by atoms with Gasteiger partial charge in [-0.2, -0.15) is 0 Å². The molecule has 1 N–H and O–H groups in total. The Labute approximate surface area is 127 Å². The van der Waals surface area contributed by atoms with E-state index in [9.17, 15) is 14.3 Å². The van der Waals surface area contributed by atoms with Gasteiger partial charge in [-0.1, -0.05) is 12.1 Å². The van der Waals surface area contributed by atoms with Gasteiger partial charge in [-0.05, 0) is 43.3 Å². The first-order chi connectivity index (χ1) is 10.1. The van der Waals surface area contributed by atoms with E-state index in [1.165, 1.54) is 23.9 Å².